The fourth-order valence-corrected chi connectivity index (χ4v) is 1.65. The quantitative estimate of drug-likeness (QED) is 0.693. The average molecular weight is 220 g/mol. The number of hydrogen-bond acceptors (Lipinski definition) is 2. The molecule has 0 radical (unpaired) electrons. The van der Waals surface area contributed by atoms with Crippen LogP contribution in [0.1, 0.15) is 37.8 Å². The smallest absolute Gasteiger partial charge is 0.0205 e. The van der Waals surface area contributed by atoms with E-state index in [0.29, 0.717) is 6.54 Å². The van der Waals surface area contributed by atoms with Crippen LogP contribution in [0.4, 0.5) is 0 Å². The van der Waals surface area contributed by atoms with E-state index < -0.39 is 0 Å². The highest BCUT2D eigenvalue weighted by atomic mass is 14.8. The summed E-state index contributed by atoms with van der Waals surface area (Å²) in [6.07, 6.45) is 2.53. The summed E-state index contributed by atoms with van der Waals surface area (Å²) in [5.41, 5.74) is 8.15. The van der Waals surface area contributed by atoms with Gasteiger partial charge in [-0.25, -0.2) is 0 Å². The Morgan fingerprint density at radius 2 is 2.06 bits per heavy atom. The van der Waals surface area contributed by atoms with Crippen molar-refractivity contribution in [3.8, 4) is 0 Å². The third-order valence-electron chi connectivity index (χ3n) is 3.07. The van der Waals surface area contributed by atoms with Crippen LogP contribution in [0.3, 0.4) is 0 Å². The summed E-state index contributed by atoms with van der Waals surface area (Å²) < 4.78 is 0. The molecular weight excluding hydrogens is 196 g/mol. The maximum Gasteiger partial charge on any atom is 0.0205 e. The molecular formula is C14H24N2. The molecule has 3 N–H and O–H groups in total. The van der Waals surface area contributed by atoms with Crippen LogP contribution in [0.5, 0.6) is 0 Å². The van der Waals surface area contributed by atoms with Gasteiger partial charge in [0.1, 0.15) is 0 Å². The molecule has 1 aromatic rings. The van der Waals surface area contributed by atoms with Gasteiger partial charge in [0.15, 0.2) is 0 Å². The Kier molecular flexibility index (Phi) is 6.12. The van der Waals surface area contributed by atoms with Crippen LogP contribution >= 0.6 is 0 Å². The first kappa shape index (κ1) is 13.2. The van der Waals surface area contributed by atoms with Crippen molar-refractivity contribution in [2.75, 3.05) is 6.54 Å². The summed E-state index contributed by atoms with van der Waals surface area (Å²) in [5, 5.41) is 3.48. The van der Waals surface area contributed by atoms with Gasteiger partial charge in [-0.05, 0) is 30.0 Å². The van der Waals surface area contributed by atoms with E-state index in [9.17, 15) is 0 Å². The van der Waals surface area contributed by atoms with Gasteiger partial charge in [0.2, 0.25) is 0 Å². The lowest BCUT2D eigenvalue weighted by atomic mass is 10.1. The first-order valence-electron chi connectivity index (χ1n) is 6.24. The van der Waals surface area contributed by atoms with E-state index in [1.807, 2.05) is 0 Å². The van der Waals surface area contributed by atoms with Crippen LogP contribution in [0.2, 0.25) is 0 Å². The normalized spacial score (nSPS) is 12.7. The van der Waals surface area contributed by atoms with Gasteiger partial charge in [-0.1, -0.05) is 44.5 Å². The minimum Gasteiger partial charge on any atom is -0.326 e. The summed E-state index contributed by atoms with van der Waals surface area (Å²) >= 11 is 0. The lowest BCUT2D eigenvalue weighted by Gasteiger charge is -2.09. The first-order valence-corrected chi connectivity index (χ1v) is 6.24. The third-order valence-corrected chi connectivity index (χ3v) is 3.07. The highest BCUT2D eigenvalue weighted by Crippen LogP contribution is 2.06. The maximum absolute atomic E-state index is 5.61. The van der Waals surface area contributed by atoms with Gasteiger partial charge in [0.05, 0.1) is 0 Å². The van der Waals surface area contributed by atoms with E-state index in [1.54, 1.807) is 0 Å². The second-order valence-electron chi connectivity index (χ2n) is 4.50. The molecule has 1 rings (SSSR count). The Balaban J connectivity index is 2.26. The molecule has 0 aromatic heterocycles. The van der Waals surface area contributed by atoms with E-state index in [2.05, 4.69) is 43.4 Å². The van der Waals surface area contributed by atoms with Crippen LogP contribution in [-0.4, -0.2) is 6.54 Å². The highest BCUT2D eigenvalue weighted by molar-refractivity contribution is 5.23. The Morgan fingerprint density at radius 3 is 2.75 bits per heavy atom. The van der Waals surface area contributed by atoms with Gasteiger partial charge >= 0.3 is 0 Å². The summed E-state index contributed by atoms with van der Waals surface area (Å²) in [7, 11) is 0. The monoisotopic (exact) mass is 220 g/mol. The second kappa shape index (κ2) is 7.42. The van der Waals surface area contributed by atoms with E-state index in [4.69, 9.17) is 5.73 Å². The Hall–Kier alpha value is -0.860. The number of nitrogens with one attached hydrogen (secondary N) is 1. The van der Waals surface area contributed by atoms with Gasteiger partial charge < -0.3 is 11.1 Å². The molecule has 0 fully saturated rings. The fraction of sp³-hybridized carbons (Fsp3) is 0.571. The van der Waals surface area contributed by atoms with Gasteiger partial charge in [0, 0.05) is 13.1 Å². The zero-order chi connectivity index (χ0) is 11.8. The van der Waals surface area contributed by atoms with Crippen molar-refractivity contribution in [2.45, 2.75) is 39.8 Å². The third kappa shape index (κ3) is 4.77. The van der Waals surface area contributed by atoms with Crippen LogP contribution in [0.25, 0.3) is 0 Å². The number of rotatable bonds is 7. The van der Waals surface area contributed by atoms with Crippen molar-refractivity contribution in [3.63, 3.8) is 0 Å². The second-order valence-corrected chi connectivity index (χ2v) is 4.50. The van der Waals surface area contributed by atoms with Crippen molar-refractivity contribution < 1.29 is 0 Å². The SMILES string of the molecule is CCC(C)CCNCc1cccc(CN)c1. The van der Waals surface area contributed by atoms with Crippen molar-refractivity contribution in [1.82, 2.24) is 5.32 Å². The average Bonchev–Trinajstić information content (AvgIpc) is 2.34. The largest absolute Gasteiger partial charge is 0.326 e. The van der Waals surface area contributed by atoms with Crippen molar-refractivity contribution in [3.05, 3.63) is 35.4 Å². The van der Waals surface area contributed by atoms with Crippen molar-refractivity contribution >= 4 is 0 Å². The number of hydrogen-bond donors (Lipinski definition) is 2. The van der Waals surface area contributed by atoms with Crippen molar-refractivity contribution in [1.29, 1.82) is 0 Å². The molecule has 2 nitrogen and oxygen atoms in total. The highest BCUT2D eigenvalue weighted by Gasteiger charge is 1.98. The van der Waals surface area contributed by atoms with Crippen LogP contribution < -0.4 is 11.1 Å². The molecule has 0 aliphatic heterocycles. The molecule has 0 bridgehead atoms. The van der Waals surface area contributed by atoms with Crippen LogP contribution in [-0.2, 0) is 13.1 Å². The molecule has 1 aromatic carbocycles. The summed E-state index contributed by atoms with van der Waals surface area (Å²) in [4.78, 5) is 0. The standard InChI is InChI=1S/C14H24N2/c1-3-12(2)7-8-16-11-14-6-4-5-13(9-14)10-15/h4-6,9,12,16H,3,7-8,10-11,15H2,1-2H3. The molecule has 0 saturated carbocycles. The van der Waals surface area contributed by atoms with Gasteiger partial charge in [-0.3, -0.25) is 0 Å². The molecule has 0 aliphatic carbocycles. The van der Waals surface area contributed by atoms with Crippen LogP contribution in [0.15, 0.2) is 24.3 Å². The lowest BCUT2D eigenvalue weighted by Crippen LogP contribution is -2.17. The molecule has 90 valence electrons. The van der Waals surface area contributed by atoms with Crippen LogP contribution in [0, 0.1) is 5.92 Å². The summed E-state index contributed by atoms with van der Waals surface area (Å²) in [5.74, 6) is 0.822. The zero-order valence-electron chi connectivity index (χ0n) is 10.5. The minimum atomic E-state index is 0.626. The summed E-state index contributed by atoms with van der Waals surface area (Å²) in [6, 6.07) is 8.47. The number of nitrogens with two attached hydrogens (primary N) is 1. The minimum absolute atomic E-state index is 0.626. The zero-order valence-corrected chi connectivity index (χ0v) is 10.5. The lowest BCUT2D eigenvalue weighted by molar-refractivity contribution is 0.488. The molecule has 16 heavy (non-hydrogen) atoms. The van der Waals surface area contributed by atoms with E-state index in [-0.39, 0.29) is 0 Å². The van der Waals surface area contributed by atoms with E-state index in [1.165, 1.54) is 24.0 Å². The number of benzene rings is 1. The predicted molar refractivity (Wildman–Crippen MR) is 70.1 cm³/mol. The molecule has 0 amide bonds. The summed E-state index contributed by atoms with van der Waals surface area (Å²) in [6.45, 7) is 7.22. The Labute approximate surface area is 99.2 Å². The molecule has 0 heterocycles. The first-order chi connectivity index (χ1) is 7.76. The Morgan fingerprint density at radius 1 is 1.31 bits per heavy atom. The van der Waals surface area contributed by atoms with Gasteiger partial charge in [0.25, 0.3) is 0 Å². The van der Waals surface area contributed by atoms with E-state index >= 15 is 0 Å². The molecule has 2 heteroatoms. The topological polar surface area (TPSA) is 38.0 Å². The molecule has 1 atom stereocenters. The predicted octanol–water partition coefficient (Wildman–Crippen LogP) is 2.67. The van der Waals surface area contributed by atoms with Gasteiger partial charge in [-0.15, -0.1) is 0 Å². The van der Waals surface area contributed by atoms with Crippen molar-refractivity contribution in [2.24, 2.45) is 11.7 Å². The van der Waals surface area contributed by atoms with Gasteiger partial charge in [-0.2, -0.15) is 0 Å². The van der Waals surface area contributed by atoms with E-state index in [0.717, 1.165) is 19.0 Å². The molecule has 0 aliphatic rings. The molecule has 0 saturated heterocycles. The fourth-order valence-electron chi connectivity index (χ4n) is 1.65. The maximum atomic E-state index is 5.61. The molecule has 1 unspecified atom stereocenters. The molecule has 0 spiro atoms. The Bertz CT molecular complexity index is 297.